The fourth-order valence-electron chi connectivity index (χ4n) is 3.30. The molecule has 0 bridgehead atoms. The fourth-order valence-corrected chi connectivity index (χ4v) is 3.30. The van der Waals surface area contributed by atoms with E-state index in [9.17, 15) is 4.79 Å². The molecule has 0 spiro atoms. The van der Waals surface area contributed by atoms with E-state index in [0.717, 1.165) is 36.9 Å². The molecule has 2 unspecified atom stereocenters. The molecule has 5 heteroatoms. The van der Waals surface area contributed by atoms with E-state index in [1.807, 2.05) is 48.2 Å². The van der Waals surface area contributed by atoms with Crippen LogP contribution in [-0.4, -0.2) is 36.0 Å². The molecule has 1 aliphatic rings. The Hall–Kier alpha value is -1.78. The first kappa shape index (κ1) is 18.6. The molecule has 1 aliphatic heterocycles. The van der Waals surface area contributed by atoms with E-state index in [4.69, 9.17) is 10.5 Å². The average molecular weight is 349 g/mol. The van der Waals surface area contributed by atoms with Crippen molar-refractivity contribution in [2.24, 2.45) is 5.73 Å². The summed E-state index contributed by atoms with van der Waals surface area (Å²) in [7, 11) is 0. The quantitative estimate of drug-likeness (QED) is 0.921. The molecule has 1 amide bonds. The van der Waals surface area contributed by atoms with Gasteiger partial charge in [0.15, 0.2) is 6.61 Å². The Balaban J connectivity index is 0.00000208. The SMILES string of the molecule is CC(N)C1CCCCN1C(=O)COc1ccc2ccccc2c1.Cl. The third kappa shape index (κ3) is 4.19. The van der Waals surface area contributed by atoms with Gasteiger partial charge in [-0.1, -0.05) is 30.3 Å². The molecule has 2 aromatic carbocycles. The highest BCUT2D eigenvalue weighted by Gasteiger charge is 2.29. The molecule has 2 N–H and O–H groups in total. The standard InChI is InChI=1S/C19H24N2O2.ClH/c1-14(20)18-8-4-5-11-21(18)19(22)13-23-17-10-9-15-6-2-3-7-16(15)12-17;/h2-3,6-7,9-10,12,14,18H,4-5,8,11,13,20H2,1H3;1H. The number of hydrogen-bond donors (Lipinski definition) is 1. The van der Waals surface area contributed by atoms with Gasteiger partial charge in [0.1, 0.15) is 5.75 Å². The number of carbonyl (C=O) groups excluding carboxylic acids is 1. The van der Waals surface area contributed by atoms with Crippen LogP contribution in [-0.2, 0) is 4.79 Å². The van der Waals surface area contributed by atoms with Gasteiger partial charge in [-0.25, -0.2) is 0 Å². The van der Waals surface area contributed by atoms with Crippen molar-refractivity contribution < 1.29 is 9.53 Å². The molecule has 0 radical (unpaired) electrons. The molecular formula is C19H25ClN2O2. The van der Waals surface area contributed by atoms with Gasteiger partial charge in [-0.15, -0.1) is 12.4 Å². The molecule has 2 atom stereocenters. The van der Waals surface area contributed by atoms with Crippen LogP contribution in [0.1, 0.15) is 26.2 Å². The van der Waals surface area contributed by atoms with Gasteiger partial charge >= 0.3 is 0 Å². The van der Waals surface area contributed by atoms with Crippen LogP contribution in [0, 0.1) is 0 Å². The van der Waals surface area contributed by atoms with Gasteiger partial charge in [0.25, 0.3) is 5.91 Å². The summed E-state index contributed by atoms with van der Waals surface area (Å²) in [4.78, 5) is 14.4. The van der Waals surface area contributed by atoms with Crippen LogP contribution >= 0.6 is 12.4 Å². The van der Waals surface area contributed by atoms with E-state index in [1.165, 1.54) is 5.39 Å². The molecule has 0 aliphatic carbocycles. The zero-order valence-electron chi connectivity index (χ0n) is 14.0. The number of piperidine rings is 1. The predicted molar refractivity (Wildman–Crippen MR) is 99.7 cm³/mol. The van der Waals surface area contributed by atoms with Crippen molar-refractivity contribution in [2.75, 3.05) is 13.2 Å². The lowest BCUT2D eigenvalue weighted by atomic mass is 9.97. The number of benzene rings is 2. The minimum Gasteiger partial charge on any atom is -0.484 e. The molecule has 0 saturated carbocycles. The Morgan fingerprint density at radius 2 is 2.00 bits per heavy atom. The van der Waals surface area contributed by atoms with Gasteiger partial charge in [-0.2, -0.15) is 0 Å². The van der Waals surface area contributed by atoms with Crippen molar-refractivity contribution >= 4 is 29.1 Å². The van der Waals surface area contributed by atoms with Crippen LogP contribution in [0.3, 0.4) is 0 Å². The van der Waals surface area contributed by atoms with E-state index in [0.29, 0.717) is 0 Å². The summed E-state index contributed by atoms with van der Waals surface area (Å²) < 4.78 is 5.73. The molecule has 3 rings (SSSR count). The number of hydrogen-bond acceptors (Lipinski definition) is 3. The van der Waals surface area contributed by atoms with Gasteiger partial charge in [-0.3, -0.25) is 4.79 Å². The van der Waals surface area contributed by atoms with E-state index < -0.39 is 0 Å². The zero-order valence-corrected chi connectivity index (χ0v) is 14.8. The minimum absolute atomic E-state index is 0. The van der Waals surface area contributed by atoms with Crippen LogP contribution in [0.25, 0.3) is 10.8 Å². The van der Waals surface area contributed by atoms with E-state index in [1.54, 1.807) is 0 Å². The highest BCUT2D eigenvalue weighted by atomic mass is 35.5. The lowest BCUT2D eigenvalue weighted by molar-refractivity contribution is -0.137. The van der Waals surface area contributed by atoms with Crippen molar-refractivity contribution in [2.45, 2.75) is 38.3 Å². The van der Waals surface area contributed by atoms with Gasteiger partial charge in [0.2, 0.25) is 0 Å². The Morgan fingerprint density at radius 3 is 2.75 bits per heavy atom. The number of ether oxygens (including phenoxy) is 1. The van der Waals surface area contributed by atoms with E-state index in [2.05, 4.69) is 6.07 Å². The lowest BCUT2D eigenvalue weighted by Gasteiger charge is -2.38. The van der Waals surface area contributed by atoms with Crippen molar-refractivity contribution in [1.82, 2.24) is 4.90 Å². The average Bonchev–Trinajstić information content (AvgIpc) is 2.59. The van der Waals surface area contributed by atoms with Gasteiger partial charge in [0, 0.05) is 18.6 Å². The maximum atomic E-state index is 12.5. The Kier molecular flexibility index (Phi) is 6.46. The number of halogens is 1. The Bertz CT molecular complexity index is 690. The molecule has 1 heterocycles. The van der Waals surface area contributed by atoms with Crippen molar-refractivity contribution in [3.05, 3.63) is 42.5 Å². The topological polar surface area (TPSA) is 55.6 Å². The number of rotatable bonds is 4. The van der Waals surface area contributed by atoms with Crippen LogP contribution < -0.4 is 10.5 Å². The van der Waals surface area contributed by atoms with Crippen molar-refractivity contribution in [3.63, 3.8) is 0 Å². The molecule has 130 valence electrons. The van der Waals surface area contributed by atoms with E-state index in [-0.39, 0.29) is 37.0 Å². The maximum Gasteiger partial charge on any atom is 0.260 e. The first-order valence-corrected chi connectivity index (χ1v) is 8.32. The number of likely N-dealkylation sites (tertiary alicyclic amines) is 1. The normalized spacial score (nSPS) is 18.8. The lowest BCUT2D eigenvalue weighted by Crippen LogP contribution is -2.52. The maximum absolute atomic E-state index is 12.5. The van der Waals surface area contributed by atoms with Gasteiger partial charge in [-0.05, 0) is 49.1 Å². The summed E-state index contributed by atoms with van der Waals surface area (Å²) in [5.74, 6) is 0.756. The smallest absolute Gasteiger partial charge is 0.260 e. The van der Waals surface area contributed by atoms with Gasteiger partial charge in [0.05, 0.1) is 0 Å². The Morgan fingerprint density at radius 1 is 1.25 bits per heavy atom. The monoisotopic (exact) mass is 348 g/mol. The molecule has 2 aromatic rings. The first-order chi connectivity index (χ1) is 11.1. The number of nitrogens with two attached hydrogens (primary N) is 1. The zero-order chi connectivity index (χ0) is 16.2. The largest absolute Gasteiger partial charge is 0.484 e. The molecule has 1 fully saturated rings. The minimum atomic E-state index is -0.0000751. The van der Waals surface area contributed by atoms with Gasteiger partial charge < -0.3 is 15.4 Å². The molecular weight excluding hydrogens is 324 g/mol. The molecule has 0 aromatic heterocycles. The third-order valence-corrected chi connectivity index (χ3v) is 4.56. The second-order valence-corrected chi connectivity index (χ2v) is 6.31. The second-order valence-electron chi connectivity index (χ2n) is 6.31. The summed E-state index contributed by atoms with van der Waals surface area (Å²) in [5.41, 5.74) is 6.03. The first-order valence-electron chi connectivity index (χ1n) is 8.32. The third-order valence-electron chi connectivity index (χ3n) is 4.56. The van der Waals surface area contributed by atoms with Crippen molar-refractivity contribution in [1.29, 1.82) is 0 Å². The summed E-state index contributed by atoms with van der Waals surface area (Å²) in [6.45, 7) is 2.83. The summed E-state index contributed by atoms with van der Waals surface area (Å²) in [6.07, 6.45) is 3.17. The fraction of sp³-hybridized carbons (Fsp3) is 0.421. The van der Waals surface area contributed by atoms with Crippen molar-refractivity contribution in [3.8, 4) is 5.75 Å². The summed E-state index contributed by atoms with van der Waals surface area (Å²) >= 11 is 0. The molecule has 4 nitrogen and oxygen atoms in total. The predicted octanol–water partition coefficient (Wildman–Crippen LogP) is 3.37. The van der Waals surface area contributed by atoms with Crippen LogP contribution in [0.5, 0.6) is 5.75 Å². The molecule has 24 heavy (non-hydrogen) atoms. The summed E-state index contributed by atoms with van der Waals surface area (Å²) in [5, 5.41) is 2.28. The van der Waals surface area contributed by atoms with E-state index >= 15 is 0 Å². The Labute approximate surface area is 149 Å². The molecule has 1 saturated heterocycles. The number of amides is 1. The van der Waals surface area contributed by atoms with Crippen LogP contribution in [0.15, 0.2) is 42.5 Å². The highest BCUT2D eigenvalue weighted by Crippen LogP contribution is 2.22. The highest BCUT2D eigenvalue weighted by molar-refractivity contribution is 5.85. The van der Waals surface area contributed by atoms with Crippen LogP contribution in [0.4, 0.5) is 0 Å². The number of carbonyl (C=O) groups is 1. The second kappa shape index (κ2) is 8.36. The number of fused-ring (bicyclic) bond motifs is 1. The summed E-state index contributed by atoms with van der Waals surface area (Å²) in [6, 6.07) is 14.1. The van der Waals surface area contributed by atoms with Crippen LogP contribution in [0.2, 0.25) is 0 Å². The number of nitrogens with zero attached hydrogens (tertiary/aromatic N) is 1.